The van der Waals surface area contributed by atoms with Crippen molar-refractivity contribution in [2.24, 2.45) is 0 Å². The molecule has 0 saturated heterocycles. The van der Waals surface area contributed by atoms with Crippen LogP contribution in [0.25, 0.3) is 0 Å². The Kier molecular flexibility index (Phi) is 5.97. The van der Waals surface area contributed by atoms with E-state index >= 15 is 0 Å². The van der Waals surface area contributed by atoms with Crippen molar-refractivity contribution in [1.82, 2.24) is 9.97 Å². The van der Waals surface area contributed by atoms with Crippen LogP contribution in [0.2, 0.25) is 0 Å². The molecule has 1 N–H and O–H groups in total. The summed E-state index contributed by atoms with van der Waals surface area (Å²) in [6.45, 7) is 12.1. The molecule has 0 aliphatic carbocycles. The fraction of sp³-hybridized carbons (Fsp3) is 0.450. The van der Waals surface area contributed by atoms with Crippen molar-refractivity contribution in [3.8, 4) is 11.9 Å². The molecule has 0 amide bonds. The quantitative estimate of drug-likeness (QED) is 0.811. The molecule has 2 aromatic rings. The van der Waals surface area contributed by atoms with Crippen LogP contribution in [0.3, 0.4) is 0 Å². The van der Waals surface area contributed by atoms with Gasteiger partial charge in [0.05, 0.1) is 6.10 Å². The Hall–Kier alpha value is -2.61. The standard InChI is InChI=1S/C20H26N4O/c1-7-16(8-2)25-20-17(11-21)19(22-15(6)23-20)24-18-13(4)9-12(3)10-14(18)5/h9-10,16H,7-8H2,1-6H3,(H,22,23,24). The van der Waals surface area contributed by atoms with E-state index in [-0.39, 0.29) is 6.10 Å². The van der Waals surface area contributed by atoms with E-state index in [1.54, 1.807) is 6.92 Å². The minimum atomic E-state index is 0.0390. The van der Waals surface area contributed by atoms with Gasteiger partial charge in [-0.15, -0.1) is 0 Å². The van der Waals surface area contributed by atoms with E-state index in [2.05, 4.69) is 54.3 Å². The minimum absolute atomic E-state index is 0.0390. The van der Waals surface area contributed by atoms with Crippen LogP contribution in [0.4, 0.5) is 11.5 Å². The van der Waals surface area contributed by atoms with E-state index in [1.165, 1.54) is 5.56 Å². The summed E-state index contributed by atoms with van der Waals surface area (Å²) in [4.78, 5) is 8.78. The molecule has 25 heavy (non-hydrogen) atoms. The first-order valence-electron chi connectivity index (χ1n) is 8.69. The fourth-order valence-electron chi connectivity index (χ4n) is 2.93. The molecule has 0 bridgehead atoms. The third kappa shape index (κ3) is 4.27. The number of anilines is 2. The number of aryl methyl sites for hydroxylation is 4. The smallest absolute Gasteiger partial charge is 0.237 e. The van der Waals surface area contributed by atoms with Gasteiger partial charge in [0, 0.05) is 5.69 Å². The van der Waals surface area contributed by atoms with Crippen molar-refractivity contribution < 1.29 is 4.74 Å². The summed E-state index contributed by atoms with van der Waals surface area (Å²) in [5, 5.41) is 13.0. The van der Waals surface area contributed by atoms with E-state index in [1.807, 2.05) is 13.8 Å². The maximum absolute atomic E-state index is 9.66. The van der Waals surface area contributed by atoms with Crippen LogP contribution in [0.5, 0.6) is 5.88 Å². The molecule has 0 atom stereocenters. The monoisotopic (exact) mass is 338 g/mol. The SMILES string of the molecule is CCC(CC)Oc1nc(C)nc(Nc2c(C)cc(C)cc2C)c1C#N. The number of benzene rings is 1. The second-order valence-electron chi connectivity index (χ2n) is 6.37. The first-order chi connectivity index (χ1) is 11.9. The molecule has 5 heteroatoms. The molecule has 1 aromatic carbocycles. The topological polar surface area (TPSA) is 70.8 Å². The Morgan fingerprint density at radius 3 is 2.20 bits per heavy atom. The predicted octanol–water partition coefficient (Wildman–Crippen LogP) is 4.89. The molecule has 0 radical (unpaired) electrons. The second kappa shape index (κ2) is 7.98. The molecule has 0 spiro atoms. The van der Waals surface area contributed by atoms with Gasteiger partial charge in [0.1, 0.15) is 11.9 Å². The molecule has 0 saturated carbocycles. The van der Waals surface area contributed by atoms with Crippen LogP contribution in [0, 0.1) is 39.0 Å². The summed E-state index contributed by atoms with van der Waals surface area (Å²) in [6, 6.07) is 6.42. The van der Waals surface area contributed by atoms with Crippen molar-refractivity contribution in [3.63, 3.8) is 0 Å². The number of ether oxygens (including phenoxy) is 1. The molecule has 1 aromatic heterocycles. The first-order valence-corrected chi connectivity index (χ1v) is 8.69. The van der Waals surface area contributed by atoms with Gasteiger partial charge in [-0.25, -0.2) is 4.98 Å². The van der Waals surface area contributed by atoms with E-state index in [4.69, 9.17) is 4.74 Å². The van der Waals surface area contributed by atoms with E-state index in [0.717, 1.165) is 29.7 Å². The Morgan fingerprint density at radius 2 is 1.68 bits per heavy atom. The van der Waals surface area contributed by atoms with Crippen molar-refractivity contribution >= 4 is 11.5 Å². The number of rotatable bonds is 6. The molecule has 2 rings (SSSR count). The van der Waals surface area contributed by atoms with Crippen molar-refractivity contribution in [2.75, 3.05) is 5.32 Å². The molecule has 0 unspecified atom stereocenters. The van der Waals surface area contributed by atoms with Gasteiger partial charge in [-0.2, -0.15) is 10.2 Å². The lowest BCUT2D eigenvalue weighted by atomic mass is 10.0. The van der Waals surface area contributed by atoms with Gasteiger partial charge in [-0.05, 0) is 51.7 Å². The highest BCUT2D eigenvalue weighted by Gasteiger charge is 2.18. The van der Waals surface area contributed by atoms with Gasteiger partial charge in [0.2, 0.25) is 5.88 Å². The highest BCUT2D eigenvalue weighted by Crippen LogP contribution is 2.30. The van der Waals surface area contributed by atoms with Crippen molar-refractivity contribution in [1.29, 1.82) is 5.26 Å². The normalized spacial score (nSPS) is 10.6. The average Bonchev–Trinajstić information content (AvgIpc) is 2.55. The van der Waals surface area contributed by atoms with Gasteiger partial charge in [0.15, 0.2) is 11.4 Å². The average molecular weight is 338 g/mol. The van der Waals surface area contributed by atoms with E-state index in [9.17, 15) is 5.26 Å². The number of nitrogens with one attached hydrogen (secondary N) is 1. The van der Waals surface area contributed by atoms with Gasteiger partial charge < -0.3 is 10.1 Å². The number of nitrogens with zero attached hydrogens (tertiary/aromatic N) is 3. The lowest BCUT2D eigenvalue weighted by molar-refractivity contribution is 0.184. The number of hydrogen-bond donors (Lipinski definition) is 1. The summed E-state index contributed by atoms with van der Waals surface area (Å²) in [6.07, 6.45) is 1.77. The van der Waals surface area contributed by atoms with Crippen LogP contribution in [-0.4, -0.2) is 16.1 Å². The Morgan fingerprint density at radius 1 is 1.08 bits per heavy atom. The van der Waals surface area contributed by atoms with Gasteiger partial charge in [-0.1, -0.05) is 31.5 Å². The summed E-state index contributed by atoms with van der Waals surface area (Å²) >= 11 is 0. The summed E-state index contributed by atoms with van der Waals surface area (Å²) in [5.74, 6) is 1.42. The lowest BCUT2D eigenvalue weighted by Gasteiger charge is -2.19. The maximum atomic E-state index is 9.66. The largest absolute Gasteiger partial charge is 0.473 e. The van der Waals surface area contributed by atoms with Gasteiger partial charge >= 0.3 is 0 Å². The third-order valence-corrected chi connectivity index (χ3v) is 4.21. The predicted molar refractivity (Wildman–Crippen MR) is 100 cm³/mol. The molecular weight excluding hydrogens is 312 g/mol. The number of hydrogen-bond acceptors (Lipinski definition) is 5. The Bertz CT molecular complexity index is 781. The van der Waals surface area contributed by atoms with Crippen molar-refractivity contribution in [3.05, 3.63) is 40.2 Å². The summed E-state index contributed by atoms with van der Waals surface area (Å²) in [7, 11) is 0. The summed E-state index contributed by atoms with van der Waals surface area (Å²) in [5.41, 5.74) is 4.74. The van der Waals surface area contributed by atoms with E-state index < -0.39 is 0 Å². The number of nitriles is 1. The molecule has 0 aliphatic rings. The molecule has 5 nitrogen and oxygen atoms in total. The number of aromatic nitrogens is 2. The highest BCUT2D eigenvalue weighted by molar-refractivity contribution is 5.70. The van der Waals surface area contributed by atoms with Gasteiger partial charge in [-0.3, -0.25) is 0 Å². The Balaban J connectivity index is 2.48. The van der Waals surface area contributed by atoms with Crippen LogP contribution in [0.1, 0.15) is 54.8 Å². The zero-order valence-electron chi connectivity index (χ0n) is 15.9. The van der Waals surface area contributed by atoms with Crippen LogP contribution in [-0.2, 0) is 0 Å². The second-order valence-corrected chi connectivity index (χ2v) is 6.37. The maximum Gasteiger partial charge on any atom is 0.237 e. The zero-order valence-corrected chi connectivity index (χ0v) is 15.9. The highest BCUT2D eigenvalue weighted by atomic mass is 16.5. The van der Waals surface area contributed by atoms with Crippen LogP contribution in [0.15, 0.2) is 12.1 Å². The van der Waals surface area contributed by atoms with E-state index in [0.29, 0.717) is 23.1 Å². The molecule has 1 heterocycles. The molecule has 0 aliphatic heterocycles. The fourth-order valence-corrected chi connectivity index (χ4v) is 2.93. The zero-order chi connectivity index (χ0) is 18.6. The van der Waals surface area contributed by atoms with Crippen LogP contribution >= 0.6 is 0 Å². The first kappa shape index (κ1) is 18.7. The minimum Gasteiger partial charge on any atom is -0.473 e. The van der Waals surface area contributed by atoms with Crippen molar-refractivity contribution in [2.45, 2.75) is 60.5 Å². The van der Waals surface area contributed by atoms with Gasteiger partial charge in [0.25, 0.3) is 0 Å². The van der Waals surface area contributed by atoms with Crippen LogP contribution < -0.4 is 10.1 Å². The molecule has 0 fully saturated rings. The Labute approximate surface area is 150 Å². The lowest BCUT2D eigenvalue weighted by Crippen LogP contribution is -2.17. The molecule has 132 valence electrons. The molecular formula is C20H26N4O. The summed E-state index contributed by atoms with van der Waals surface area (Å²) < 4.78 is 5.96. The third-order valence-electron chi connectivity index (χ3n) is 4.21.